The fourth-order valence-corrected chi connectivity index (χ4v) is 2.07. The van der Waals surface area contributed by atoms with Crippen molar-refractivity contribution in [3.63, 3.8) is 0 Å². The van der Waals surface area contributed by atoms with E-state index >= 15 is 0 Å². The number of benzene rings is 1. The average molecular weight is 348 g/mol. The zero-order valence-electron chi connectivity index (χ0n) is 11.0. The van der Waals surface area contributed by atoms with Gasteiger partial charge in [-0.3, -0.25) is 0 Å². The summed E-state index contributed by atoms with van der Waals surface area (Å²) in [6.45, 7) is 8.84. The Kier molecular flexibility index (Phi) is 6.27. The Labute approximate surface area is 118 Å². The van der Waals surface area contributed by atoms with Gasteiger partial charge in [0.2, 0.25) is 0 Å². The molecule has 0 N–H and O–H groups in total. The first kappa shape index (κ1) is 14.8. The Bertz CT molecular complexity index is 352. The summed E-state index contributed by atoms with van der Waals surface area (Å²) in [6, 6.07) is 6.39. The quantitative estimate of drug-likeness (QED) is 0.424. The number of halogens is 1. The molecule has 0 heterocycles. The molecule has 2 unspecified atom stereocenters. The van der Waals surface area contributed by atoms with E-state index in [0.717, 1.165) is 12.2 Å². The molecule has 0 amide bonds. The van der Waals surface area contributed by atoms with Crippen LogP contribution in [0.5, 0.6) is 5.75 Å². The molecule has 0 saturated carbocycles. The van der Waals surface area contributed by atoms with E-state index in [1.807, 2.05) is 19.9 Å². The molecule has 0 fully saturated rings. The van der Waals surface area contributed by atoms with Crippen LogP contribution >= 0.6 is 22.6 Å². The van der Waals surface area contributed by atoms with Crippen LogP contribution in [0.1, 0.15) is 42.2 Å². The molecule has 1 rings (SSSR count). The summed E-state index contributed by atoms with van der Waals surface area (Å²) >= 11 is 2.47. The number of rotatable bonds is 6. The molecular formula is C14H21IO2. The highest BCUT2D eigenvalue weighted by Crippen LogP contribution is 2.30. The van der Waals surface area contributed by atoms with Crippen LogP contribution in [0.2, 0.25) is 0 Å². The van der Waals surface area contributed by atoms with Gasteiger partial charge in [-0.05, 0) is 44.4 Å². The number of hydrogen-bond donors (Lipinski definition) is 0. The fraction of sp³-hybridized carbons (Fsp3) is 0.571. The fourth-order valence-electron chi connectivity index (χ4n) is 1.68. The molecule has 0 bridgehead atoms. The smallest absolute Gasteiger partial charge is 0.196 e. The van der Waals surface area contributed by atoms with Crippen molar-refractivity contribution >= 4 is 22.6 Å². The molecule has 3 heteroatoms. The third-order valence-corrected chi connectivity index (χ3v) is 4.21. The van der Waals surface area contributed by atoms with Crippen molar-refractivity contribution in [2.75, 3.05) is 6.61 Å². The van der Waals surface area contributed by atoms with Gasteiger partial charge < -0.3 is 9.47 Å². The molecule has 0 aliphatic heterocycles. The van der Waals surface area contributed by atoms with Gasteiger partial charge in [0, 0.05) is 10.5 Å². The highest BCUT2D eigenvalue weighted by atomic mass is 127. The van der Waals surface area contributed by atoms with Crippen LogP contribution in [0.4, 0.5) is 0 Å². The SMILES string of the molecule is CCOC(C)Oc1ccc(C(I)CC)cc1C. The van der Waals surface area contributed by atoms with Crippen molar-refractivity contribution in [1.82, 2.24) is 0 Å². The summed E-state index contributed by atoms with van der Waals surface area (Å²) < 4.78 is 11.7. The van der Waals surface area contributed by atoms with Crippen LogP contribution in [-0.4, -0.2) is 12.9 Å². The monoisotopic (exact) mass is 348 g/mol. The van der Waals surface area contributed by atoms with E-state index in [1.165, 1.54) is 11.1 Å². The van der Waals surface area contributed by atoms with E-state index in [0.29, 0.717) is 10.5 Å². The van der Waals surface area contributed by atoms with Crippen molar-refractivity contribution in [2.45, 2.75) is 44.3 Å². The standard InChI is InChI=1S/C14H21IO2/c1-5-13(15)12-7-8-14(10(3)9-12)17-11(4)16-6-2/h7-9,11,13H,5-6H2,1-4H3. The second-order valence-corrected chi connectivity index (χ2v) is 5.55. The first-order valence-electron chi connectivity index (χ1n) is 6.11. The minimum absolute atomic E-state index is 0.189. The summed E-state index contributed by atoms with van der Waals surface area (Å²) in [4.78, 5) is 0. The van der Waals surface area contributed by atoms with Gasteiger partial charge in [0.15, 0.2) is 6.29 Å². The molecule has 1 aromatic carbocycles. The third kappa shape index (κ3) is 4.47. The molecule has 0 spiro atoms. The van der Waals surface area contributed by atoms with Gasteiger partial charge >= 0.3 is 0 Å². The van der Waals surface area contributed by atoms with Gasteiger partial charge in [0.25, 0.3) is 0 Å². The van der Waals surface area contributed by atoms with Crippen molar-refractivity contribution in [2.24, 2.45) is 0 Å². The average Bonchev–Trinajstić information content (AvgIpc) is 2.31. The van der Waals surface area contributed by atoms with Crippen LogP contribution in [-0.2, 0) is 4.74 Å². The molecule has 0 saturated heterocycles. The second-order valence-electron chi connectivity index (χ2n) is 4.04. The van der Waals surface area contributed by atoms with Crippen molar-refractivity contribution in [3.8, 4) is 5.75 Å². The highest BCUT2D eigenvalue weighted by molar-refractivity contribution is 14.1. The zero-order valence-corrected chi connectivity index (χ0v) is 13.2. The first-order chi connectivity index (χ1) is 8.08. The second kappa shape index (κ2) is 7.21. The maximum Gasteiger partial charge on any atom is 0.196 e. The van der Waals surface area contributed by atoms with Gasteiger partial charge in [-0.25, -0.2) is 0 Å². The lowest BCUT2D eigenvalue weighted by atomic mass is 10.1. The summed E-state index contributed by atoms with van der Waals surface area (Å²) in [5.74, 6) is 0.911. The van der Waals surface area contributed by atoms with Crippen molar-refractivity contribution in [1.29, 1.82) is 0 Å². The van der Waals surface area contributed by atoms with E-state index in [2.05, 4.69) is 48.6 Å². The number of aryl methyl sites for hydroxylation is 1. The van der Waals surface area contributed by atoms with Gasteiger partial charge in [-0.15, -0.1) is 0 Å². The Morgan fingerprint density at radius 2 is 2.00 bits per heavy atom. The summed E-state index contributed by atoms with van der Waals surface area (Å²) in [6.07, 6.45) is 0.960. The van der Waals surface area contributed by atoms with Crippen molar-refractivity contribution in [3.05, 3.63) is 29.3 Å². The third-order valence-electron chi connectivity index (χ3n) is 2.61. The van der Waals surface area contributed by atoms with Crippen molar-refractivity contribution < 1.29 is 9.47 Å². The normalized spacial score (nSPS) is 14.4. The summed E-state index contributed by atoms with van der Waals surface area (Å²) in [5.41, 5.74) is 2.53. The molecule has 2 atom stereocenters. The van der Waals surface area contributed by atoms with Gasteiger partial charge in [-0.1, -0.05) is 41.6 Å². The maximum absolute atomic E-state index is 5.73. The summed E-state index contributed by atoms with van der Waals surface area (Å²) in [5, 5.41) is 0. The van der Waals surface area contributed by atoms with E-state index in [9.17, 15) is 0 Å². The molecular weight excluding hydrogens is 327 g/mol. The predicted molar refractivity (Wildman–Crippen MR) is 79.9 cm³/mol. The lowest BCUT2D eigenvalue weighted by Crippen LogP contribution is -2.16. The number of alkyl halides is 1. The van der Waals surface area contributed by atoms with E-state index in [1.54, 1.807) is 0 Å². The highest BCUT2D eigenvalue weighted by Gasteiger charge is 2.09. The number of ether oxygens (including phenoxy) is 2. The molecule has 96 valence electrons. The van der Waals surface area contributed by atoms with Crippen LogP contribution in [0, 0.1) is 6.92 Å². The molecule has 0 aliphatic carbocycles. The van der Waals surface area contributed by atoms with E-state index in [-0.39, 0.29) is 6.29 Å². The van der Waals surface area contributed by atoms with Gasteiger partial charge in [0.1, 0.15) is 5.75 Å². The topological polar surface area (TPSA) is 18.5 Å². The Morgan fingerprint density at radius 1 is 1.29 bits per heavy atom. The molecule has 17 heavy (non-hydrogen) atoms. The first-order valence-corrected chi connectivity index (χ1v) is 7.35. The minimum atomic E-state index is -0.189. The van der Waals surface area contributed by atoms with E-state index in [4.69, 9.17) is 9.47 Å². The Hall–Kier alpha value is -0.290. The van der Waals surface area contributed by atoms with Crippen LogP contribution in [0.15, 0.2) is 18.2 Å². The lowest BCUT2D eigenvalue weighted by Gasteiger charge is -2.17. The van der Waals surface area contributed by atoms with Gasteiger partial charge in [-0.2, -0.15) is 0 Å². The molecule has 2 nitrogen and oxygen atoms in total. The summed E-state index contributed by atoms with van der Waals surface area (Å²) in [7, 11) is 0. The molecule has 1 aromatic rings. The lowest BCUT2D eigenvalue weighted by molar-refractivity contribution is -0.0616. The number of hydrogen-bond acceptors (Lipinski definition) is 2. The van der Waals surface area contributed by atoms with E-state index < -0.39 is 0 Å². The zero-order chi connectivity index (χ0) is 12.8. The minimum Gasteiger partial charge on any atom is -0.465 e. The van der Waals surface area contributed by atoms with Crippen LogP contribution in [0.3, 0.4) is 0 Å². The van der Waals surface area contributed by atoms with Gasteiger partial charge in [0.05, 0.1) is 0 Å². The largest absolute Gasteiger partial charge is 0.465 e. The Balaban J connectivity index is 2.76. The van der Waals surface area contributed by atoms with Crippen LogP contribution < -0.4 is 4.74 Å². The Morgan fingerprint density at radius 3 is 2.53 bits per heavy atom. The maximum atomic E-state index is 5.73. The molecule has 0 aliphatic rings. The predicted octanol–water partition coefficient (Wildman–Crippen LogP) is 4.64. The molecule has 0 radical (unpaired) electrons. The van der Waals surface area contributed by atoms with Crippen LogP contribution in [0.25, 0.3) is 0 Å². The molecule has 0 aromatic heterocycles.